The summed E-state index contributed by atoms with van der Waals surface area (Å²) in [7, 11) is -1.05. The van der Waals surface area contributed by atoms with Gasteiger partial charge in [0.25, 0.3) is 0 Å². The first-order valence-electron chi connectivity index (χ1n) is 20.7. The van der Waals surface area contributed by atoms with Gasteiger partial charge in [-0.05, 0) is 0 Å². The van der Waals surface area contributed by atoms with Crippen LogP contribution in [0.4, 0.5) is 0 Å². The molecule has 0 rings (SSSR count). The molecule has 0 aromatic heterocycles. The Morgan fingerprint density at radius 2 is 0.381 bits per heavy atom. The van der Waals surface area contributed by atoms with E-state index in [4.69, 9.17) is 0 Å². The van der Waals surface area contributed by atoms with Crippen molar-refractivity contribution in [2.45, 2.75) is 240 Å². The summed E-state index contributed by atoms with van der Waals surface area (Å²) in [5.41, 5.74) is 0. The van der Waals surface area contributed by atoms with Gasteiger partial charge >= 0.3 is 251 Å². The summed E-state index contributed by atoms with van der Waals surface area (Å²) in [6.45, 7) is 9.58. The van der Waals surface area contributed by atoms with E-state index in [0.717, 1.165) is 0 Å². The SMILES string of the molecule is CCCCCCCCCCCCC[PH](CC)(CCCCCCCCCCCCC)CCCCCCCCCCCCC. The first kappa shape index (κ1) is 42.4. The van der Waals surface area contributed by atoms with Crippen LogP contribution in [0, 0.1) is 0 Å². The zero-order valence-corrected chi connectivity index (χ0v) is 31.7. The normalized spacial score (nSPS) is 12.4. The van der Waals surface area contributed by atoms with Crippen LogP contribution in [0.2, 0.25) is 0 Å². The molecule has 0 aliphatic heterocycles. The van der Waals surface area contributed by atoms with Gasteiger partial charge in [-0.1, -0.05) is 20.8 Å². The van der Waals surface area contributed by atoms with Gasteiger partial charge in [0.15, 0.2) is 0 Å². The van der Waals surface area contributed by atoms with Crippen LogP contribution in [0.5, 0.6) is 0 Å². The smallest absolute Gasteiger partial charge is 0.0654 e. The van der Waals surface area contributed by atoms with Crippen LogP contribution >= 0.6 is 7.26 Å². The van der Waals surface area contributed by atoms with Gasteiger partial charge in [-0.15, -0.1) is 0 Å². The molecule has 0 amide bonds. The second-order valence-electron chi connectivity index (χ2n) is 14.7. The Morgan fingerprint density at radius 3 is 0.548 bits per heavy atom. The van der Waals surface area contributed by atoms with Gasteiger partial charge in [-0.3, -0.25) is 0 Å². The molecule has 0 heterocycles. The Labute approximate surface area is 270 Å². The predicted octanol–water partition coefficient (Wildman–Crippen LogP) is 15.7. The van der Waals surface area contributed by atoms with E-state index in [0.29, 0.717) is 0 Å². The predicted molar refractivity (Wildman–Crippen MR) is 203 cm³/mol. The molecular weight excluding hydrogens is 523 g/mol. The quantitative estimate of drug-likeness (QED) is 0.0485. The van der Waals surface area contributed by atoms with Crippen molar-refractivity contribution in [1.29, 1.82) is 0 Å². The number of rotatable bonds is 37. The van der Waals surface area contributed by atoms with Crippen molar-refractivity contribution >= 4 is 7.26 Å². The van der Waals surface area contributed by atoms with E-state index in [1.807, 2.05) is 0 Å². The van der Waals surface area contributed by atoms with Gasteiger partial charge in [-0.2, -0.15) is 0 Å². The van der Waals surface area contributed by atoms with Crippen LogP contribution in [0.1, 0.15) is 240 Å². The Balaban J connectivity index is 4.21. The molecule has 0 aliphatic rings. The third-order valence-corrected chi connectivity index (χ3v) is 16.4. The average molecular weight is 611 g/mol. The van der Waals surface area contributed by atoms with Gasteiger partial charge in [0.05, 0.1) is 0 Å². The van der Waals surface area contributed by atoms with Crippen molar-refractivity contribution < 1.29 is 0 Å². The molecule has 0 spiro atoms. The van der Waals surface area contributed by atoms with Crippen molar-refractivity contribution in [3.63, 3.8) is 0 Å². The molecule has 0 saturated carbocycles. The molecule has 0 N–H and O–H groups in total. The van der Waals surface area contributed by atoms with Crippen molar-refractivity contribution in [2.75, 3.05) is 24.6 Å². The fourth-order valence-corrected chi connectivity index (χ4v) is 12.2. The average Bonchev–Trinajstić information content (AvgIpc) is 3.01. The Hall–Kier alpha value is 0.430. The first-order valence-corrected chi connectivity index (χ1v) is 23.6. The Kier molecular flexibility index (Phi) is 36.3. The van der Waals surface area contributed by atoms with E-state index in [1.165, 1.54) is 193 Å². The van der Waals surface area contributed by atoms with Crippen LogP contribution < -0.4 is 0 Å². The molecular formula is C41H87P. The molecule has 1 heteroatoms. The van der Waals surface area contributed by atoms with Crippen LogP contribution in [-0.4, -0.2) is 24.6 Å². The molecule has 0 unspecified atom stereocenters. The Morgan fingerprint density at radius 1 is 0.214 bits per heavy atom. The van der Waals surface area contributed by atoms with E-state index in [-0.39, 0.29) is 0 Å². The molecule has 0 radical (unpaired) electrons. The molecule has 0 saturated heterocycles. The third kappa shape index (κ3) is 30.5. The molecule has 0 fully saturated rings. The summed E-state index contributed by atoms with van der Waals surface area (Å²) in [6.07, 6.45) is 55.7. The molecule has 256 valence electrons. The van der Waals surface area contributed by atoms with Gasteiger partial charge in [-0.25, -0.2) is 0 Å². The minimum absolute atomic E-state index is 1.05. The summed E-state index contributed by atoms with van der Waals surface area (Å²) in [6, 6.07) is 0. The van der Waals surface area contributed by atoms with Crippen LogP contribution in [0.3, 0.4) is 0 Å². The van der Waals surface area contributed by atoms with E-state index >= 15 is 0 Å². The van der Waals surface area contributed by atoms with Crippen molar-refractivity contribution in [2.24, 2.45) is 0 Å². The number of unbranched alkanes of at least 4 members (excludes halogenated alkanes) is 30. The molecule has 0 bridgehead atoms. The molecule has 0 aliphatic carbocycles. The fourth-order valence-electron chi connectivity index (χ4n) is 7.40. The van der Waals surface area contributed by atoms with Gasteiger partial charge < -0.3 is 0 Å². The van der Waals surface area contributed by atoms with Crippen molar-refractivity contribution in [3.8, 4) is 0 Å². The van der Waals surface area contributed by atoms with Gasteiger partial charge in [0.1, 0.15) is 0 Å². The number of hydrogen-bond acceptors (Lipinski definition) is 0. The van der Waals surface area contributed by atoms with Gasteiger partial charge in [0.2, 0.25) is 0 Å². The summed E-state index contributed by atoms with van der Waals surface area (Å²) in [5.74, 6) is 0. The summed E-state index contributed by atoms with van der Waals surface area (Å²) < 4.78 is 0. The van der Waals surface area contributed by atoms with E-state index < -0.39 is 7.26 Å². The minimum atomic E-state index is -1.05. The van der Waals surface area contributed by atoms with Crippen molar-refractivity contribution in [3.05, 3.63) is 0 Å². The molecule has 0 aromatic carbocycles. The van der Waals surface area contributed by atoms with E-state index in [1.54, 1.807) is 43.9 Å². The Bertz CT molecular complexity index is 407. The topological polar surface area (TPSA) is 0 Å². The van der Waals surface area contributed by atoms with Crippen LogP contribution in [-0.2, 0) is 0 Å². The molecule has 0 nitrogen and oxygen atoms in total. The summed E-state index contributed by atoms with van der Waals surface area (Å²) in [4.78, 5) is 0. The zero-order chi connectivity index (χ0) is 30.7. The van der Waals surface area contributed by atoms with Gasteiger partial charge in [0, 0.05) is 0 Å². The maximum atomic E-state index is 2.60. The molecule has 0 aromatic rings. The zero-order valence-electron chi connectivity index (χ0n) is 30.7. The monoisotopic (exact) mass is 611 g/mol. The molecule has 0 atom stereocenters. The van der Waals surface area contributed by atoms with E-state index in [9.17, 15) is 0 Å². The van der Waals surface area contributed by atoms with E-state index in [2.05, 4.69) is 27.7 Å². The standard InChI is InChI=1S/C41H87P/c1-5-9-12-15-18-21-24-27-30-33-36-39-42(8-4,40-37-34-31-28-25-22-19-16-13-10-6-2)41-38-35-32-29-26-23-20-17-14-11-7-3/h42H,5-41H2,1-4H3. The summed E-state index contributed by atoms with van der Waals surface area (Å²) in [5, 5.41) is 0. The first-order chi connectivity index (χ1) is 20.7. The number of hydrogen-bond donors (Lipinski definition) is 0. The van der Waals surface area contributed by atoms with Crippen LogP contribution in [0.15, 0.2) is 0 Å². The maximum absolute atomic E-state index is 2.60. The van der Waals surface area contributed by atoms with Crippen LogP contribution in [0.25, 0.3) is 0 Å². The molecule has 42 heavy (non-hydrogen) atoms. The third-order valence-electron chi connectivity index (χ3n) is 10.7. The summed E-state index contributed by atoms with van der Waals surface area (Å²) >= 11 is 0. The minimum Gasteiger partial charge on any atom is -0.0654 e. The second kappa shape index (κ2) is 35.9. The second-order valence-corrected chi connectivity index (χ2v) is 19.9. The van der Waals surface area contributed by atoms with Crippen molar-refractivity contribution in [1.82, 2.24) is 0 Å². The fraction of sp³-hybridized carbons (Fsp3) is 1.00.